The van der Waals surface area contributed by atoms with Crippen molar-refractivity contribution >= 4 is 22.5 Å². The summed E-state index contributed by atoms with van der Waals surface area (Å²) in [4.78, 5) is 9.23. The molecule has 1 aliphatic rings. The van der Waals surface area contributed by atoms with Gasteiger partial charge in [0.2, 0.25) is 0 Å². The number of aliphatic hydroxyl groups excluding tert-OH is 1. The van der Waals surface area contributed by atoms with Crippen molar-refractivity contribution in [2.75, 3.05) is 45.9 Å². The molecule has 0 bridgehead atoms. The molecular formula is C31H34ClN3O2. The van der Waals surface area contributed by atoms with E-state index in [9.17, 15) is 5.11 Å². The van der Waals surface area contributed by atoms with Crippen molar-refractivity contribution in [2.24, 2.45) is 0 Å². The number of nitrogens with zero attached hydrogens (tertiary/aromatic N) is 3. The van der Waals surface area contributed by atoms with Crippen LogP contribution in [0.2, 0.25) is 5.02 Å². The molecule has 1 unspecified atom stereocenters. The number of rotatable bonds is 10. The van der Waals surface area contributed by atoms with E-state index >= 15 is 0 Å². The Bertz CT molecular complexity index is 1220. The van der Waals surface area contributed by atoms with Crippen LogP contribution < -0.4 is 4.74 Å². The lowest BCUT2D eigenvalue weighted by Crippen LogP contribution is -2.49. The largest absolute Gasteiger partial charge is 0.490 e. The molecular weight excluding hydrogens is 482 g/mol. The van der Waals surface area contributed by atoms with Crippen molar-refractivity contribution in [3.8, 4) is 5.75 Å². The van der Waals surface area contributed by atoms with Crippen LogP contribution in [-0.2, 0) is 0 Å². The second-order valence-corrected chi connectivity index (χ2v) is 10.2. The minimum Gasteiger partial charge on any atom is -0.490 e. The quantitative estimate of drug-likeness (QED) is 0.303. The lowest BCUT2D eigenvalue weighted by molar-refractivity contribution is 0.0460. The van der Waals surface area contributed by atoms with Crippen molar-refractivity contribution in [3.05, 3.63) is 107 Å². The van der Waals surface area contributed by atoms with Crippen LogP contribution in [0.1, 0.15) is 23.5 Å². The zero-order valence-corrected chi connectivity index (χ0v) is 21.8. The standard InChI is InChI=1S/C31H34ClN3O2/c32-26-11-12-29-30(21-26)33-15-13-31(29)37-23-27(36)22-35-19-17-34(18-20-35)16-14-28(24-7-3-1-4-8-24)25-9-5-2-6-10-25/h1-13,15,21,27-28,36H,14,16-20,22-23H2. The Labute approximate surface area is 224 Å². The zero-order chi connectivity index (χ0) is 25.5. The van der Waals surface area contributed by atoms with Gasteiger partial charge < -0.3 is 14.7 Å². The monoisotopic (exact) mass is 515 g/mol. The van der Waals surface area contributed by atoms with Gasteiger partial charge in [0.25, 0.3) is 0 Å². The third kappa shape index (κ3) is 6.88. The number of fused-ring (bicyclic) bond motifs is 1. The highest BCUT2D eigenvalue weighted by Crippen LogP contribution is 2.29. The van der Waals surface area contributed by atoms with E-state index in [-0.39, 0.29) is 6.61 Å². The Balaban J connectivity index is 1.09. The lowest BCUT2D eigenvalue weighted by Gasteiger charge is -2.36. The molecule has 1 saturated heterocycles. The normalized spacial score (nSPS) is 15.8. The summed E-state index contributed by atoms with van der Waals surface area (Å²) in [5.41, 5.74) is 3.54. The van der Waals surface area contributed by atoms with Gasteiger partial charge in [-0.05, 0) is 48.4 Å². The molecule has 5 rings (SSSR count). The van der Waals surface area contributed by atoms with Gasteiger partial charge in [-0.15, -0.1) is 0 Å². The van der Waals surface area contributed by atoms with Gasteiger partial charge in [0, 0.05) is 55.2 Å². The van der Waals surface area contributed by atoms with Crippen LogP contribution in [0.15, 0.2) is 91.1 Å². The van der Waals surface area contributed by atoms with E-state index in [2.05, 4.69) is 75.4 Å². The van der Waals surface area contributed by atoms with E-state index in [4.69, 9.17) is 16.3 Å². The zero-order valence-electron chi connectivity index (χ0n) is 21.0. The van der Waals surface area contributed by atoms with E-state index in [1.165, 1.54) is 11.1 Å². The number of benzene rings is 3. The fourth-order valence-electron chi connectivity index (χ4n) is 5.16. The molecule has 3 aromatic carbocycles. The second kappa shape index (κ2) is 12.5. The average Bonchev–Trinajstić information content (AvgIpc) is 2.94. The average molecular weight is 516 g/mol. The molecule has 192 valence electrons. The first-order chi connectivity index (χ1) is 18.2. The minimum atomic E-state index is -0.553. The van der Waals surface area contributed by atoms with Gasteiger partial charge in [-0.25, -0.2) is 0 Å². The molecule has 0 saturated carbocycles. The Kier molecular flexibility index (Phi) is 8.69. The van der Waals surface area contributed by atoms with Crippen molar-refractivity contribution in [1.29, 1.82) is 0 Å². The minimum absolute atomic E-state index is 0.248. The van der Waals surface area contributed by atoms with Crippen LogP contribution in [0.3, 0.4) is 0 Å². The van der Waals surface area contributed by atoms with Crippen molar-refractivity contribution in [1.82, 2.24) is 14.8 Å². The Morgan fingerprint density at radius 1 is 0.838 bits per heavy atom. The summed E-state index contributed by atoms with van der Waals surface area (Å²) >= 11 is 6.08. The van der Waals surface area contributed by atoms with E-state index in [0.29, 0.717) is 17.5 Å². The summed E-state index contributed by atoms with van der Waals surface area (Å²) in [7, 11) is 0. The molecule has 37 heavy (non-hydrogen) atoms. The van der Waals surface area contributed by atoms with Crippen LogP contribution >= 0.6 is 11.6 Å². The summed E-state index contributed by atoms with van der Waals surface area (Å²) in [5, 5.41) is 12.2. The lowest BCUT2D eigenvalue weighted by atomic mass is 9.88. The van der Waals surface area contributed by atoms with Crippen molar-refractivity contribution in [3.63, 3.8) is 0 Å². The van der Waals surface area contributed by atoms with Gasteiger partial charge in [0.15, 0.2) is 0 Å². The van der Waals surface area contributed by atoms with E-state index in [0.717, 1.165) is 55.8 Å². The topological polar surface area (TPSA) is 48.8 Å². The van der Waals surface area contributed by atoms with Crippen molar-refractivity contribution < 1.29 is 9.84 Å². The summed E-state index contributed by atoms with van der Waals surface area (Å²) < 4.78 is 5.96. The predicted molar refractivity (Wildman–Crippen MR) is 150 cm³/mol. The molecule has 6 heteroatoms. The number of halogens is 1. The number of hydrogen-bond acceptors (Lipinski definition) is 5. The first-order valence-corrected chi connectivity index (χ1v) is 13.4. The SMILES string of the molecule is OC(COc1ccnc2cc(Cl)ccc12)CN1CCN(CCC(c2ccccc2)c2ccccc2)CC1. The third-order valence-corrected chi connectivity index (χ3v) is 7.40. The number of aromatic nitrogens is 1. The maximum atomic E-state index is 10.7. The number of ether oxygens (including phenoxy) is 1. The Hall–Kier alpha value is -2.96. The summed E-state index contributed by atoms with van der Waals surface area (Å²) in [5.74, 6) is 1.12. The number of pyridine rings is 1. The summed E-state index contributed by atoms with van der Waals surface area (Å²) in [6, 6.07) is 29.0. The van der Waals surface area contributed by atoms with Crippen LogP contribution in [0.4, 0.5) is 0 Å². The molecule has 5 nitrogen and oxygen atoms in total. The number of β-amino-alcohol motifs (C(OH)–C–C–N with tert-alkyl or cyclic N) is 1. The third-order valence-electron chi connectivity index (χ3n) is 7.17. The molecule has 2 heterocycles. The fourth-order valence-corrected chi connectivity index (χ4v) is 5.33. The molecule has 0 spiro atoms. The smallest absolute Gasteiger partial charge is 0.130 e. The fraction of sp³-hybridized carbons (Fsp3) is 0.323. The molecule has 1 N–H and O–H groups in total. The number of hydrogen-bond donors (Lipinski definition) is 1. The molecule has 1 aromatic heterocycles. The van der Waals surface area contributed by atoms with Gasteiger partial charge >= 0.3 is 0 Å². The van der Waals surface area contributed by atoms with Crippen LogP contribution in [0, 0.1) is 0 Å². The summed E-state index contributed by atoms with van der Waals surface area (Å²) in [6.07, 6.45) is 2.25. The maximum absolute atomic E-state index is 10.7. The number of piperazine rings is 1. The van der Waals surface area contributed by atoms with Gasteiger partial charge in [0.1, 0.15) is 18.5 Å². The Morgan fingerprint density at radius 3 is 2.16 bits per heavy atom. The highest BCUT2D eigenvalue weighted by Gasteiger charge is 2.21. The summed E-state index contributed by atoms with van der Waals surface area (Å²) in [6.45, 7) is 5.85. The molecule has 0 radical (unpaired) electrons. The van der Waals surface area contributed by atoms with E-state index < -0.39 is 6.10 Å². The highest BCUT2D eigenvalue weighted by molar-refractivity contribution is 6.31. The van der Waals surface area contributed by atoms with Crippen LogP contribution in [0.25, 0.3) is 10.9 Å². The first kappa shape index (κ1) is 25.7. The first-order valence-electron chi connectivity index (χ1n) is 13.1. The molecule has 0 aliphatic carbocycles. The maximum Gasteiger partial charge on any atom is 0.130 e. The highest BCUT2D eigenvalue weighted by atomic mass is 35.5. The van der Waals surface area contributed by atoms with Crippen LogP contribution in [-0.4, -0.2) is 71.9 Å². The van der Waals surface area contributed by atoms with E-state index in [1.807, 2.05) is 24.3 Å². The second-order valence-electron chi connectivity index (χ2n) is 9.74. The molecule has 1 atom stereocenters. The van der Waals surface area contributed by atoms with E-state index in [1.54, 1.807) is 6.20 Å². The van der Waals surface area contributed by atoms with Gasteiger partial charge in [-0.3, -0.25) is 9.88 Å². The molecule has 1 aliphatic heterocycles. The molecule has 1 fully saturated rings. The molecule has 4 aromatic rings. The Morgan fingerprint density at radius 2 is 1.49 bits per heavy atom. The number of aliphatic hydroxyl groups is 1. The van der Waals surface area contributed by atoms with Gasteiger partial charge in [-0.1, -0.05) is 72.3 Å². The van der Waals surface area contributed by atoms with Gasteiger partial charge in [-0.2, -0.15) is 0 Å². The van der Waals surface area contributed by atoms with Gasteiger partial charge in [0.05, 0.1) is 5.52 Å². The van der Waals surface area contributed by atoms with Crippen LogP contribution in [0.5, 0.6) is 5.75 Å². The van der Waals surface area contributed by atoms with Crippen molar-refractivity contribution in [2.45, 2.75) is 18.4 Å². The molecule has 0 amide bonds. The predicted octanol–water partition coefficient (Wildman–Crippen LogP) is 5.47.